The molecule has 6 nitrogen and oxygen atoms in total. The molecule has 3 aromatic rings. The van der Waals surface area contributed by atoms with Crippen molar-refractivity contribution in [2.24, 2.45) is 0 Å². The molecular weight excluding hydrogens is 326 g/mol. The minimum Gasteiger partial charge on any atom is -0.298 e. The van der Waals surface area contributed by atoms with Gasteiger partial charge in [-0.15, -0.1) is 0 Å². The molecule has 0 radical (unpaired) electrons. The van der Waals surface area contributed by atoms with Crippen LogP contribution in [0.1, 0.15) is 25.5 Å². The maximum Gasteiger partial charge on any atom is 0.152 e. The minimum atomic E-state index is 0.209. The molecule has 0 atom stereocenters. The number of carbonyl (C=O) groups excluding carboxylic acids is 1. The standard InChI is InChI=1S/C20H23N5O/c1-2-25-13-17(12-21-25)15-5-6-20-16(9-15)10-18(22-23-20)11-19(26)14-24-7-3-4-8-24/h5-6,9-10,12-13H,2-4,7-8,11,14H2,1H3. The van der Waals surface area contributed by atoms with Crippen molar-refractivity contribution in [1.29, 1.82) is 0 Å². The fraction of sp³-hybridized carbons (Fsp3) is 0.400. The third-order valence-electron chi connectivity index (χ3n) is 4.90. The zero-order valence-electron chi connectivity index (χ0n) is 15.1. The number of ketones is 1. The second kappa shape index (κ2) is 7.33. The molecule has 0 amide bonds. The highest BCUT2D eigenvalue weighted by molar-refractivity contribution is 5.86. The lowest BCUT2D eigenvalue weighted by Crippen LogP contribution is -2.28. The summed E-state index contributed by atoms with van der Waals surface area (Å²) < 4.78 is 1.91. The number of aromatic nitrogens is 4. The highest BCUT2D eigenvalue weighted by Crippen LogP contribution is 2.23. The Labute approximate surface area is 152 Å². The number of hydrogen-bond donors (Lipinski definition) is 0. The van der Waals surface area contributed by atoms with E-state index in [-0.39, 0.29) is 5.78 Å². The van der Waals surface area contributed by atoms with Gasteiger partial charge in [-0.05, 0) is 56.6 Å². The Morgan fingerprint density at radius 2 is 1.96 bits per heavy atom. The molecule has 3 heterocycles. The molecule has 2 aromatic heterocycles. The topological polar surface area (TPSA) is 63.9 Å². The molecule has 1 saturated heterocycles. The molecule has 0 spiro atoms. The summed E-state index contributed by atoms with van der Waals surface area (Å²) in [5, 5.41) is 13.9. The summed E-state index contributed by atoms with van der Waals surface area (Å²) in [5.41, 5.74) is 3.76. The highest BCUT2D eigenvalue weighted by atomic mass is 16.1. The van der Waals surface area contributed by atoms with Crippen molar-refractivity contribution in [3.8, 4) is 11.1 Å². The number of fused-ring (bicyclic) bond motifs is 1. The van der Waals surface area contributed by atoms with Crippen LogP contribution >= 0.6 is 0 Å². The second-order valence-electron chi connectivity index (χ2n) is 6.89. The average molecular weight is 349 g/mol. The predicted molar refractivity (Wildman–Crippen MR) is 101 cm³/mol. The molecule has 0 N–H and O–H groups in total. The first-order valence-corrected chi connectivity index (χ1v) is 9.24. The summed E-state index contributed by atoms with van der Waals surface area (Å²) in [6.07, 6.45) is 6.65. The number of benzene rings is 1. The number of hydrogen-bond acceptors (Lipinski definition) is 5. The number of carbonyl (C=O) groups is 1. The van der Waals surface area contributed by atoms with Crippen LogP contribution in [0.25, 0.3) is 22.0 Å². The third-order valence-corrected chi connectivity index (χ3v) is 4.90. The fourth-order valence-electron chi connectivity index (χ4n) is 3.49. The van der Waals surface area contributed by atoms with Gasteiger partial charge in [0.1, 0.15) is 0 Å². The van der Waals surface area contributed by atoms with Crippen LogP contribution in [0, 0.1) is 0 Å². The van der Waals surface area contributed by atoms with Gasteiger partial charge < -0.3 is 0 Å². The second-order valence-corrected chi connectivity index (χ2v) is 6.89. The van der Waals surface area contributed by atoms with Crippen LogP contribution in [0.2, 0.25) is 0 Å². The van der Waals surface area contributed by atoms with Crippen LogP contribution < -0.4 is 0 Å². The van der Waals surface area contributed by atoms with Gasteiger partial charge in [0.15, 0.2) is 5.78 Å². The molecule has 134 valence electrons. The molecule has 0 bridgehead atoms. The van der Waals surface area contributed by atoms with Gasteiger partial charge in [0.2, 0.25) is 0 Å². The van der Waals surface area contributed by atoms with Gasteiger partial charge in [0, 0.05) is 23.7 Å². The van der Waals surface area contributed by atoms with E-state index < -0.39 is 0 Å². The molecule has 6 heteroatoms. The highest BCUT2D eigenvalue weighted by Gasteiger charge is 2.16. The molecule has 26 heavy (non-hydrogen) atoms. The van der Waals surface area contributed by atoms with Gasteiger partial charge in [-0.1, -0.05) is 6.07 Å². The number of likely N-dealkylation sites (tertiary alicyclic amines) is 1. The van der Waals surface area contributed by atoms with Crippen molar-refractivity contribution in [3.63, 3.8) is 0 Å². The lowest BCUT2D eigenvalue weighted by Gasteiger charge is -2.12. The summed E-state index contributed by atoms with van der Waals surface area (Å²) in [7, 11) is 0. The predicted octanol–water partition coefficient (Wildman–Crippen LogP) is 2.72. The van der Waals surface area contributed by atoms with Crippen molar-refractivity contribution < 1.29 is 4.79 Å². The van der Waals surface area contributed by atoms with E-state index in [0.29, 0.717) is 13.0 Å². The largest absolute Gasteiger partial charge is 0.298 e. The number of nitrogens with zero attached hydrogens (tertiary/aromatic N) is 5. The van der Waals surface area contributed by atoms with Crippen LogP contribution in [0.3, 0.4) is 0 Å². The van der Waals surface area contributed by atoms with Gasteiger partial charge >= 0.3 is 0 Å². The van der Waals surface area contributed by atoms with E-state index in [9.17, 15) is 4.79 Å². The number of Topliss-reactive ketones (excluding diaryl/α,β-unsaturated/α-hetero) is 1. The van der Waals surface area contributed by atoms with Gasteiger partial charge in [0.25, 0.3) is 0 Å². The van der Waals surface area contributed by atoms with Gasteiger partial charge in [0.05, 0.1) is 30.4 Å². The van der Waals surface area contributed by atoms with Crippen LogP contribution in [-0.2, 0) is 17.8 Å². The van der Waals surface area contributed by atoms with E-state index in [4.69, 9.17) is 0 Å². The first kappa shape index (κ1) is 16.8. The first-order valence-electron chi connectivity index (χ1n) is 9.24. The molecular formula is C20H23N5O. The summed E-state index contributed by atoms with van der Waals surface area (Å²) in [6, 6.07) is 8.08. The molecule has 1 aliphatic heterocycles. The van der Waals surface area contributed by atoms with Gasteiger partial charge in [-0.2, -0.15) is 15.3 Å². The van der Waals surface area contributed by atoms with Crippen molar-refractivity contribution in [2.75, 3.05) is 19.6 Å². The smallest absolute Gasteiger partial charge is 0.152 e. The fourth-order valence-corrected chi connectivity index (χ4v) is 3.49. The Bertz CT molecular complexity index is 927. The van der Waals surface area contributed by atoms with E-state index in [0.717, 1.165) is 47.4 Å². The molecule has 0 aliphatic carbocycles. The first-order chi connectivity index (χ1) is 12.7. The summed E-state index contributed by atoms with van der Waals surface area (Å²) in [6.45, 7) is 5.50. The van der Waals surface area contributed by atoms with Crippen LogP contribution in [0.4, 0.5) is 0 Å². The van der Waals surface area contributed by atoms with E-state index in [1.807, 2.05) is 35.3 Å². The lowest BCUT2D eigenvalue weighted by atomic mass is 10.1. The Morgan fingerprint density at radius 1 is 1.12 bits per heavy atom. The van der Waals surface area contributed by atoms with Crippen molar-refractivity contribution in [2.45, 2.75) is 32.7 Å². The van der Waals surface area contributed by atoms with Crippen molar-refractivity contribution in [3.05, 3.63) is 42.4 Å². The maximum absolute atomic E-state index is 12.3. The third kappa shape index (κ3) is 3.65. The van der Waals surface area contributed by atoms with Crippen molar-refractivity contribution >= 4 is 16.7 Å². The molecule has 1 aromatic carbocycles. The number of aryl methyl sites for hydroxylation is 1. The van der Waals surface area contributed by atoms with Crippen LogP contribution in [-0.4, -0.2) is 50.3 Å². The van der Waals surface area contributed by atoms with Crippen LogP contribution in [0.15, 0.2) is 36.7 Å². The number of rotatable bonds is 6. The minimum absolute atomic E-state index is 0.209. The Morgan fingerprint density at radius 3 is 2.73 bits per heavy atom. The maximum atomic E-state index is 12.3. The lowest BCUT2D eigenvalue weighted by molar-refractivity contribution is -0.119. The Hall–Kier alpha value is -2.60. The van der Waals surface area contributed by atoms with E-state index in [1.165, 1.54) is 12.8 Å². The van der Waals surface area contributed by atoms with Gasteiger partial charge in [-0.25, -0.2) is 0 Å². The molecule has 0 unspecified atom stereocenters. The Kier molecular flexibility index (Phi) is 4.75. The molecule has 0 saturated carbocycles. The monoisotopic (exact) mass is 349 g/mol. The molecule has 1 fully saturated rings. The summed E-state index contributed by atoms with van der Waals surface area (Å²) in [5.74, 6) is 0.209. The zero-order chi connectivity index (χ0) is 17.9. The normalized spacial score (nSPS) is 15.0. The Balaban J connectivity index is 1.54. The van der Waals surface area contributed by atoms with Crippen molar-refractivity contribution in [1.82, 2.24) is 24.9 Å². The zero-order valence-corrected chi connectivity index (χ0v) is 15.1. The average Bonchev–Trinajstić information content (AvgIpc) is 3.32. The van der Waals surface area contributed by atoms with E-state index >= 15 is 0 Å². The molecule has 1 aliphatic rings. The summed E-state index contributed by atoms with van der Waals surface area (Å²) >= 11 is 0. The summed E-state index contributed by atoms with van der Waals surface area (Å²) in [4.78, 5) is 14.5. The SMILES string of the molecule is CCn1cc(-c2ccc3nnc(CC(=O)CN4CCCC4)cc3c2)cn1. The van der Waals surface area contributed by atoms with E-state index in [1.54, 1.807) is 0 Å². The van der Waals surface area contributed by atoms with Crippen LogP contribution in [0.5, 0.6) is 0 Å². The van der Waals surface area contributed by atoms with Gasteiger partial charge in [-0.3, -0.25) is 14.4 Å². The molecule has 4 rings (SSSR count). The van der Waals surface area contributed by atoms with E-state index in [2.05, 4.69) is 33.2 Å². The quantitative estimate of drug-likeness (QED) is 0.685.